The monoisotopic (exact) mass is 262 g/mol. The zero-order valence-corrected chi connectivity index (χ0v) is 10.7. The summed E-state index contributed by atoms with van der Waals surface area (Å²) in [4.78, 5) is 11.4. The van der Waals surface area contributed by atoms with Gasteiger partial charge in [0.1, 0.15) is 11.5 Å². The third-order valence-corrected chi connectivity index (χ3v) is 2.79. The van der Waals surface area contributed by atoms with Crippen molar-refractivity contribution in [1.29, 1.82) is 0 Å². The van der Waals surface area contributed by atoms with Crippen LogP contribution in [0.3, 0.4) is 0 Å². The molecule has 2 rings (SSSR count). The summed E-state index contributed by atoms with van der Waals surface area (Å²) in [6.45, 7) is 1.78. The molecule has 19 heavy (non-hydrogen) atoms. The Morgan fingerprint density at radius 3 is 2.79 bits per heavy atom. The van der Waals surface area contributed by atoms with Crippen LogP contribution in [0.5, 0.6) is 0 Å². The lowest BCUT2D eigenvalue weighted by Crippen LogP contribution is -2.18. The number of nitrogens with zero attached hydrogens (tertiary/aromatic N) is 2. The molecule has 100 valence electrons. The zero-order chi connectivity index (χ0) is 14.0. The van der Waals surface area contributed by atoms with E-state index in [1.54, 1.807) is 19.1 Å². The Kier molecular flexibility index (Phi) is 3.62. The lowest BCUT2D eigenvalue weighted by Gasteiger charge is -2.08. The molecule has 0 aliphatic heterocycles. The number of hydrogen-bond donors (Lipinski definition) is 2. The van der Waals surface area contributed by atoms with Gasteiger partial charge in [-0.05, 0) is 30.7 Å². The van der Waals surface area contributed by atoms with Crippen molar-refractivity contribution < 1.29 is 9.18 Å². The van der Waals surface area contributed by atoms with Gasteiger partial charge in [0.15, 0.2) is 5.69 Å². The van der Waals surface area contributed by atoms with Gasteiger partial charge in [-0.15, -0.1) is 0 Å². The fourth-order valence-corrected chi connectivity index (χ4v) is 1.70. The minimum absolute atomic E-state index is 0.234. The molecule has 0 spiro atoms. The SMILES string of the molecule is CNC(=O)c1ccn(-c2ccc([C@H](C)N)cc2F)n1. The first-order valence-electron chi connectivity index (χ1n) is 5.86. The van der Waals surface area contributed by atoms with E-state index in [4.69, 9.17) is 5.73 Å². The molecule has 5 nitrogen and oxygen atoms in total. The minimum atomic E-state index is -0.429. The van der Waals surface area contributed by atoms with E-state index in [2.05, 4.69) is 10.4 Å². The van der Waals surface area contributed by atoms with Gasteiger partial charge >= 0.3 is 0 Å². The lowest BCUT2D eigenvalue weighted by molar-refractivity contribution is 0.0957. The second-order valence-electron chi connectivity index (χ2n) is 4.22. The summed E-state index contributed by atoms with van der Waals surface area (Å²) in [5, 5.41) is 6.48. The smallest absolute Gasteiger partial charge is 0.271 e. The fourth-order valence-electron chi connectivity index (χ4n) is 1.70. The number of carbonyl (C=O) groups is 1. The molecule has 2 aromatic rings. The van der Waals surface area contributed by atoms with Crippen LogP contribution in [0, 0.1) is 5.82 Å². The highest BCUT2D eigenvalue weighted by atomic mass is 19.1. The molecule has 1 amide bonds. The van der Waals surface area contributed by atoms with Gasteiger partial charge in [0.2, 0.25) is 0 Å². The fraction of sp³-hybridized carbons (Fsp3) is 0.231. The van der Waals surface area contributed by atoms with Gasteiger partial charge < -0.3 is 11.1 Å². The van der Waals surface area contributed by atoms with Crippen LogP contribution in [0.2, 0.25) is 0 Å². The number of hydrogen-bond acceptors (Lipinski definition) is 3. The van der Waals surface area contributed by atoms with Crippen LogP contribution >= 0.6 is 0 Å². The van der Waals surface area contributed by atoms with Crippen molar-refractivity contribution >= 4 is 5.91 Å². The molecule has 0 aliphatic rings. The highest BCUT2D eigenvalue weighted by Gasteiger charge is 2.12. The van der Waals surface area contributed by atoms with E-state index < -0.39 is 5.82 Å². The molecule has 1 atom stereocenters. The van der Waals surface area contributed by atoms with Crippen molar-refractivity contribution in [1.82, 2.24) is 15.1 Å². The van der Waals surface area contributed by atoms with E-state index in [9.17, 15) is 9.18 Å². The summed E-state index contributed by atoms with van der Waals surface area (Å²) in [5.74, 6) is -0.743. The Labute approximate surface area is 110 Å². The molecule has 0 radical (unpaired) electrons. The molecule has 0 saturated heterocycles. The zero-order valence-electron chi connectivity index (χ0n) is 10.7. The number of rotatable bonds is 3. The Bertz CT molecular complexity index is 606. The first-order chi connectivity index (χ1) is 9.02. The van der Waals surface area contributed by atoms with Gasteiger partial charge in [-0.25, -0.2) is 9.07 Å². The highest BCUT2D eigenvalue weighted by Crippen LogP contribution is 2.18. The number of carbonyl (C=O) groups excluding carboxylic acids is 1. The highest BCUT2D eigenvalue weighted by molar-refractivity contribution is 5.91. The summed E-state index contributed by atoms with van der Waals surface area (Å²) in [7, 11) is 1.51. The number of benzene rings is 1. The van der Waals surface area contributed by atoms with Crippen molar-refractivity contribution in [3.8, 4) is 5.69 Å². The third-order valence-electron chi connectivity index (χ3n) is 2.79. The molecule has 0 bridgehead atoms. The Balaban J connectivity index is 2.37. The molecular weight excluding hydrogens is 247 g/mol. The number of aromatic nitrogens is 2. The van der Waals surface area contributed by atoms with Gasteiger partial charge in [-0.2, -0.15) is 5.10 Å². The molecule has 0 unspecified atom stereocenters. The van der Waals surface area contributed by atoms with Crippen LogP contribution < -0.4 is 11.1 Å². The standard InChI is InChI=1S/C13H15FN4O/c1-8(15)9-3-4-12(10(14)7-9)18-6-5-11(17-18)13(19)16-2/h3-8H,15H2,1-2H3,(H,16,19)/t8-/m0/s1. The molecule has 0 saturated carbocycles. The van der Waals surface area contributed by atoms with Crippen molar-refractivity contribution in [2.24, 2.45) is 5.73 Å². The van der Waals surface area contributed by atoms with Crippen LogP contribution in [0.1, 0.15) is 29.0 Å². The molecule has 1 heterocycles. The van der Waals surface area contributed by atoms with Gasteiger partial charge in [-0.3, -0.25) is 4.79 Å². The van der Waals surface area contributed by atoms with Gasteiger partial charge in [0, 0.05) is 19.3 Å². The average Bonchev–Trinajstić information content (AvgIpc) is 2.87. The average molecular weight is 262 g/mol. The molecule has 6 heteroatoms. The number of nitrogens with two attached hydrogens (primary N) is 1. The Morgan fingerprint density at radius 2 is 2.21 bits per heavy atom. The van der Waals surface area contributed by atoms with Crippen molar-refractivity contribution in [2.75, 3.05) is 7.05 Å². The predicted octanol–water partition coefficient (Wildman–Crippen LogP) is 1.39. The molecule has 0 fully saturated rings. The van der Waals surface area contributed by atoms with Crippen molar-refractivity contribution in [3.05, 3.63) is 47.5 Å². The van der Waals surface area contributed by atoms with E-state index >= 15 is 0 Å². The maximum Gasteiger partial charge on any atom is 0.271 e. The number of nitrogens with one attached hydrogen (secondary N) is 1. The largest absolute Gasteiger partial charge is 0.354 e. The first kappa shape index (κ1) is 13.2. The molecular formula is C13H15FN4O. The van der Waals surface area contributed by atoms with Crippen LogP contribution in [0.4, 0.5) is 4.39 Å². The van der Waals surface area contributed by atoms with Crippen molar-refractivity contribution in [2.45, 2.75) is 13.0 Å². The van der Waals surface area contributed by atoms with E-state index in [-0.39, 0.29) is 23.3 Å². The van der Waals surface area contributed by atoms with Crippen LogP contribution in [0.15, 0.2) is 30.5 Å². The summed E-state index contributed by atoms with van der Waals surface area (Å²) >= 11 is 0. The molecule has 1 aromatic heterocycles. The predicted molar refractivity (Wildman–Crippen MR) is 69.5 cm³/mol. The summed E-state index contributed by atoms with van der Waals surface area (Å²) in [6, 6.07) is 6.00. The van der Waals surface area contributed by atoms with Crippen molar-refractivity contribution in [3.63, 3.8) is 0 Å². The maximum absolute atomic E-state index is 14.0. The van der Waals surface area contributed by atoms with Gasteiger partial charge in [0.05, 0.1) is 0 Å². The van der Waals surface area contributed by atoms with E-state index in [1.165, 1.54) is 30.1 Å². The lowest BCUT2D eigenvalue weighted by atomic mass is 10.1. The summed E-state index contributed by atoms with van der Waals surface area (Å²) in [6.07, 6.45) is 1.54. The second-order valence-corrected chi connectivity index (χ2v) is 4.22. The van der Waals surface area contributed by atoms with Crippen LogP contribution in [-0.4, -0.2) is 22.7 Å². The summed E-state index contributed by atoms with van der Waals surface area (Å²) < 4.78 is 15.3. The maximum atomic E-state index is 14.0. The number of amides is 1. The van der Waals surface area contributed by atoms with E-state index in [1.807, 2.05) is 0 Å². The van der Waals surface area contributed by atoms with Gasteiger partial charge in [0.25, 0.3) is 5.91 Å². The molecule has 1 aromatic carbocycles. The minimum Gasteiger partial charge on any atom is -0.354 e. The van der Waals surface area contributed by atoms with Crippen LogP contribution in [-0.2, 0) is 0 Å². The normalized spacial score (nSPS) is 12.2. The topological polar surface area (TPSA) is 72.9 Å². The van der Waals surface area contributed by atoms with Crippen LogP contribution in [0.25, 0.3) is 5.69 Å². The second kappa shape index (κ2) is 5.19. The van der Waals surface area contributed by atoms with Gasteiger partial charge in [-0.1, -0.05) is 6.07 Å². The molecule has 3 N–H and O–H groups in total. The quantitative estimate of drug-likeness (QED) is 0.878. The van der Waals surface area contributed by atoms with E-state index in [0.29, 0.717) is 5.56 Å². The first-order valence-corrected chi connectivity index (χ1v) is 5.86. The third kappa shape index (κ3) is 2.63. The van der Waals surface area contributed by atoms with E-state index in [0.717, 1.165) is 0 Å². The number of halogens is 1. The summed E-state index contributed by atoms with van der Waals surface area (Å²) in [5.41, 5.74) is 6.91. The Hall–Kier alpha value is -2.21. The molecule has 0 aliphatic carbocycles. The Morgan fingerprint density at radius 1 is 1.47 bits per heavy atom.